The van der Waals surface area contributed by atoms with Crippen molar-refractivity contribution in [2.75, 3.05) is 6.54 Å². The Hall–Kier alpha value is -1.63. The average molecular weight is 170 g/mol. The zero-order valence-corrected chi connectivity index (χ0v) is 6.40. The van der Waals surface area contributed by atoms with Gasteiger partial charge in [-0.15, -0.1) is 0 Å². The molecule has 0 aliphatic heterocycles. The third kappa shape index (κ3) is 2.54. The number of hydrogen-bond acceptors (Lipinski definition) is 5. The SMILES string of the molecule is NNC(N)=NCCc1ncon1. The monoisotopic (exact) mass is 170 g/mol. The summed E-state index contributed by atoms with van der Waals surface area (Å²) in [6, 6.07) is 0. The molecule has 5 N–H and O–H groups in total. The highest BCUT2D eigenvalue weighted by atomic mass is 16.5. The second kappa shape index (κ2) is 4.29. The Bertz CT molecular complexity index is 242. The number of aromatic nitrogens is 2. The van der Waals surface area contributed by atoms with E-state index in [-0.39, 0.29) is 5.96 Å². The van der Waals surface area contributed by atoms with Gasteiger partial charge in [-0.3, -0.25) is 10.4 Å². The predicted octanol–water partition coefficient (Wildman–Crippen LogP) is -1.61. The maximum atomic E-state index is 5.26. The number of hydrazine groups is 1. The van der Waals surface area contributed by atoms with Crippen molar-refractivity contribution in [3.63, 3.8) is 0 Å². The largest absolute Gasteiger partial charge is 0.369 e. The lowest BCUT2D eigenvalue weighted by atomic mass is 10.4. The van der Waals surface area contributed by atoms with Crippen LogP contribution >= 0.6 is 0 Å². The average Bonchev–Trinajstić information content (AvgIpc) is 2.57. The second-order valence-corrected chi connectivity index (χ2v) is 2.01. The fourth-order valence-electron chi connectivity index (χ4n) is 0.625. The van der Waals surface area contributed by atoms with Crippen LogP contribution in [0.2, 0.25) is 0 Å². The third-order valence-corrected chi connectivity index (χ3v) is 1.17. The first-order valence-electron chi connectivity index (χ1n) is 3.34. The molecule has 0 amide bonds. The Morgan fingerprint density at radius 3 is 3.17 bits per heavy atom. The third-order valence-electron chi connectivity index (χ3n) is 1.17. The molecule has 7 heteroatoms. The van der Waals surface area contributed by atoms with Gasteiger partial charge >= 0.3 is 0 Å². The first-order chi connectivity index (χ1) is 5.83. The van der Waals surface area contributed by atoms with Gasteiger partial charge in [-0.25, -0.2) is 5.84 Å². The van der Waals surface area contributed by atoms with Gasteiger partial charge in [0.05, 0.1) is 6.54 Å². The van der Waals surface area contributed by atoms with Crippen LogP contribution in [0.1, 0.15) is 5.82 Å². The molecule has 12 heavy (non-hydrogen) atoms. The van der Waals surface area contributed by atoms with E-state index in [2.05, 4.69) is 25.1 Å². The summed E-state index contributed by atoms with van der Waals surface area (Å²) < 4.78 is 4.52. The van der Waals surface area contributed by atoms with E-state index in [1.807, 2.05) is 0 Å². The molecule has 66 valence electrons. The fraction of sp³-hybridized carbons (Fsp3) is 0.400. The summed E-state index contributed by atoms with van der Waals surface area (Å²) in [7, 11) is 0. The maximum absolute atomic E-state index is 5.26. The molecule has 0 saturated heterocycles. The number of nitrogens with two attached hydrogens (primary N) is 2. The molecule has 0 fully saturated rings. The molecule has 1 aromatic heterocycles. The second-order valence-electron chi connectivity index (χ2n) is 2.01. The van der Waals surface area contributed by atoms with Gasteiger partial charge < -0.3 is 10.3 Å². The van der Waals surface area contributed by atoms with Gasteiger partial charge in [-0.1, -0.05) is 5.16 Å². The molecule has 1 heterocycles. The molecule has 7 nitrogen and oxygen atoms in total. The highest BCUT2D eigenvalue weighted by molar-refractivity contribution is 5.77. The van der Waals surface area contributed by atoms with E-state index in [1.54, 1.807) is 0 Å². The summed E-state index contributed by atoms with van der Waals surface area (Å²) in [6.45, 7) is 0.482. The molecule has 0 aromatic carbocycles. The molecule has 1 aromatic rings. The first kappa shape index (κ1) is 8.47. The smallest absolute Gasteiger partial charge is 0.213 e. The van der Waals surface area contributed by atoms with E-state index in [0.717, 1.165) is 0 Å². The Labute approximate surface area is 68.8 Å². The van der Waals surface area contributed by atoms with Gasteiger partial charge in [-0.05, 0) is 0 Å². The lowest BCUT2D eigenvalue weighted by Gasteiger charge is -1.95. The van der Waals surface area contributed by atoms with Crippen molar-refractivity contribution in [1.82, 2.24) is 15.6 Å². The van der Waals surface area contributed by atoms with Gasteiger partial charge in [0.2, 0.25) is 12.4 Å². The zero-order valence-electron chi connectivity index (χ0n) is 6.40. The van der Waals surface area contributed by atoms with Gasteiger partial charge in [-0.2, -0.15) is 4.98 Å². The molecule has 0 bridgehead atoms. The highest BCUT2D eigenvalue weighted by Gasteiger charge is 1.96. The van der Waals surface area contributed by atoms with Crippen LogP contribution in [0.3, 0.4) is 0 Å². The van der Waals surface area contributed by atoms with Crippen molar-refractivity contribution in [2.45, 2.75) is 6.42 Å². The molecule has 0 atom stereocenters. The summed E-state index contributed by atoms with van der Waals surface area (Å²) in [5.41, 5.74) is 7.47. The Balaban J connectivity index is 2.28. The molecular formula is C5H10N6O. The van der Waals surface area contributed by atoms with Crippen molar-refractivity contribution >= 4 is 5.96 Å². The molecule has 0 aliphatic rings. The van der Waals surface area contributed by atoms with E-state index in [1.165, 1.54) is 6.39 Å². The maximum Gasteiger partial charge on any atom is 0.213 e. The van der Waals surface area contributed by atoms with E-state index in [4.69, 9.17) is 11.6 Å². The van der Waals surface area contributed by atoms with Crippen molar-refractivity contribution in [2.24, 2.45) is 16.6 Å². The summed E-state index contributed by atoms with van der Waals surface area (Å²) in [4.78, 5) is 7.65. The normalized spacial score (nSPS) is 11.6. The number of rotatable bonds is 3. The van der Waals surface area contributed by atoms with Crippen molar-refractivity contribution in [1.29, 1.82) is 0 Å². The molecule has 0 aliphatic carbocycles. The van der Waals surface area contributed by atoms with Crippen LogP contribution in [0.4, 0.5) is 0 Å². The van der Waals surface area contributed by atoms with E-state index >= 15 is 0 Å². The van der Waals surface area contributed by atoms with Gasteiger partial charge in [0.15, 0.2) is 5.82 Å². The minimum absolute atomic E-state index is 0.193. The number of nitrogens with zero attached hydrogens (tertiary/aromatic N) is 3. The molecular weight excluding hydrogens is 160 g/mol. The summed E-state index contributed by atoms with van der Waals surface area (Å²) in [5.74, 6) is 5.77. The minimum atomic E-state index is 0.193. The van der Waals surface area contributed by atoms with Crippen LogP contribution in [-0.2, 0) is 6.42 Å². The first-order valence-corrected chi connectivity index (χ1v) is 3.34. The van der Waals surface area contributed by atoms with Crippen LogP contribution < -0.4 is 17.0 Å². The number of guanidine groups is 1. The number of nitrogens with one attached hydrogen (secondary N) is 1. The van der Waals surface area contributed by atoms with Crippen molar-refractivity contribution in [3.05, 3.63) is 12.2 Å². The quantitative estimate of drug-likeness (QED) is 0.217. The molecule has 1 rings (SSSR count). The van der Waals surface area contributed by atoms with Crippen LogP contribution in [-0.4, -0.2) is 22.6 Å². The van der Waals surface area contributed by atoms with E-state index in [0.29, 0.717) is 18.8 Å². The number of hydrogen-bond donors (Lipinski definition) is 3. The minimum Gasteiger partial charge on any atom is -0.369 e. The predicted molar refractivity (Wildman–Crippen MR) is 41.8 cm³/mol. The molecule has 0 saturated carbocycles. The van der Waals surface area contributed by atoms with Crippen LogP contribution in [0.25, 0.3) is 0 Å². The summed E-state index contributed by atoms with van der Waals surface area (Å²) in [6.07, 6.45) is 1.85. The zero-order chi connectivity index (χ0) is 8.81. The standard InChI is InChI=1S/C5H10N6O/c6-5(10-7)8-2-1-4-9-3-12-11-4/h3H,1-2,7H2,(H3,6,8,10). The fourth-order valence-corrected chi connectivity index (χ4v) is 0.625. The van der Waals surface area contributed by atoms with Gasteiger partial charge in [0.25, 0.3) is 0 Å². The Kier molecular flexibility index (Phi) is 3.03. The van der Waals surface area contributed by atoms with Crippen molar-refractivity contribution < 1.29 is 4.52 Å². The highest BCUT2D eigenvalue weighted by Crippen LogP contribution is 1.89. The Morgan fingerprint density at radius 1 is 1.75 bits per heavy atom. The van der Waals surface area contributed by atoms with E-state index in [9.17, 15) is 0 Å². The van der Waals surface area contributed by atoms with Gasteiger partial charge in [0, 0.05) is 6.42 Å². The topological polar surface area (TPSA) is 115 Å². The molecule has 0 radical (unpaired) electrons. The number of aliphatic imine (C=N–C) groups is 1. The summed E-state index contributed by atoms with van der Waals surface area (Å²) >= 11 is 0. The Morgan fingerprint density at radius 2 is 2.58 bits per heavy atom. The van der Waals surface area contributed by atoms with Crippen LogP contribution in [0, 0.1) is 0 Å². The lowest BCUT2D eigenvalue weighted by Crippen LogP contribution is -2.37. The lowest BCUT2D eigenvalue weighted by molar-refractivity contribution is 0.410. The molecule has 0 spiro atoms. The van der Waals surface area contributed by atoms with Gasteiger partial charge in [0.1, 0.15) is 0 Å². The molecule has 0 unspecified atom stereocenters. The van der Waals surface area contributed by atoms with Crippen LogP contribution in [0.5, 0.6) is 0 Å². The van der Waals surface area contributed by atoms with Crippen molar-refractivity contribution in [3.8, 4) is 0 Å². The summed E-state index contributed by atoms with van der Waals surface area (Å²) in [5, 5.41) is 3.59. The van der Waals surface area contributed by atoms with Crippen LogP contribution in [0.15, 0.2) is 15.9 Å². The van der Waals surface area contributed by atoms with E-state index < -0.39 is 0 Å².